The lowest BCUT2D eigenvalue weighted by Crippen LogP contribution is -2.40. The molecule has 1 fully saturated rings. The molecule has 1 aromatic heterocycles. The van der Waals surface area contributed by atoms with Gasteiger partial charge < -0.3 is 15.0 Å². The highest BCUT2D eigenvalue weighted by molar-refractivity contribution is 6.02. The molecule has 1 saturated carbocycles. The number of ether oxygens (including phenoxy) is 1. The summed E-state index contributed by atoms with van der Waals surface area (Å²) in [5, 5.41) is 13.3. The van der Waals surface area contributed by atoms with E-state index in [-0.39, 0.29) is 36.7 Å². The molecular weight excluding hydrogens is 473 g/mol. The predicted octanol–water partition coefficient (Wildman–Crippen LogP) is 4.61. The molecule has 0 bridgehead atoms. The number of aromatic amines is 1. The maximum atomic E-state index is 13.8. The Morgan fingerprint density at radius 1 is 1.22 bits per heavy atom. The Labute approximate surface area is 214 Å². The van der Waals surface area contributed by atoms with Gasteiger partial charge in [-0.25, -0.2) is 4.39 Å². The first-order valence-electron chi connectivity index (χ1n) is 12.6. The summed E-state index contributed by atoms with van der Waals surface area (Å²) in [6.07, 6.45) is 2.87. The molecule has 0 aliphatic heterocycles. The van der Waals surface area contributed by atoms with Crippen LogP contribution in [0.25, 0.3) is 10.9 Å². The first kappa shape index (κ1) is 24.7. The van der Waals surface area contributed by atoms with E-state index in [1.807, 2.05) is 18.2 Å². The van der Waals surface area contributed by atoms with Crippen LogP contribution in [0.15, 0.2) is 42.5 Å². The first-order chi connectivity index (χ1) is 17.9. The minimum absolute atomic E-state index is 0.00598. The zero-order chi connectivity index (χ0) is 26.1. The van der Waals surface area contributed by atoms with Crippen LogP contribution in [-0.4, -0.2) is 35.6 Å². The Kier molecular flexibility index (Phi) is 6.79. The van der Waals surface area contributed by atoms with Gasteiger partial charge in [-0.1, -0.05) is 25.0 Å². The summed E-state index contributed by atoms with van der Waals surface area (Å²) in [6, 6.07) is 12.7. The molecule has 2 N–H and O–H groups in total. The number of nitriles is 1. The van der Waals surface area contributed by atoms with Gasteiger partial charge >= 0.3 is 0 Å². The van der Waals surface area contributed by atoms with E-state index in [0.29, 0.717) is 29.3 Å². The highest BCUT2D eigenvalue weighted by Gasteiger charge is 2.36. The van der Waals surface area contributed by atoms with Crippen LogP contribution in [0.1, 0.15) is 59.6 Å². The van der Waals surface area contributed by atoms with E-state index < -0.39 is 23.7 Å². The first-order valence-corrected chi connectivity index (χ1v) is 12.6. The highest BCUT2D eigenvalue weighted by Crippen LogP contribution is 2.38. The third-order valence-corrected chi connectivity index (χ3v) is 7.44. The molecule has 190 valence electrons. The number of hydrogen-bond acceptors (Lipinski definition) is 5. The SMILES string of the molecule is COc1cccc2[nH]c(C(=O)C[C@@H](CC3CC3)C(=O)N[C@H](C#N)C[C@H]3C(=O)Cc4ccc(F)cc43)cc12. The molecule has 3 aromatic rings. The van der Waals surface area contributed by atoms with Crippen molar-refractivity contribution in [3.05, 3.63) is 65.1 Å². The number of H-pyrrole nitrogens is 1. The summed E-state index contributed by atoms with van der Waals surface area (Å²) < 4.78 is 19.2. The predicted molar refractivity (Wildman–Crippen MR) is 135 cm³/mol. The number of Topliss-reactive ketones (excluding diaryl/α,β-unsaturated/α-hetero) is 2. The third kappa shape index (κ3) is 5.26. The lowest BCUT2D eigenvalue weighted by Gasteiger charge is -2.20. The Balaban J connectivity index is 1.29. The topological polar surface area (TPSA) is 112 Å². The van der Waals surface area contributed by atoms with E-state index in [1.54, 1.807) is 19.2 Å². The van der Waals surface area contributed by atoms with Gasteiger partial charge in [-0.3, -0.25) is 14.4 Å². The minimum Gasteiger partial charge on any atom is -0.496 e. The molecule has 8 heteroatoms. The smallest absolute Gasteiger partial charge is 0.224 e. The molecule has 1 heterocycles. The van der Waals surface area contributed by atoms with Crippen LogP contribution in [0.3, 0.4) is 0 Å². The second kappa shape index (κ2) is 10.2. The van der Waals surface area contributed by atoms with E-state index in [0.717, 1.165) is 29.3 Å². The van der Waals surface area contributed by atoms with Crippen LogP contribution in [0.2, 0.25) is 0 Å². The molecule has 5 rings (SSSR count). The normalized spacial score (nSPS) is 18.2. The third-order valence-electron chi connectivity index (χ3n) is 7.44. The largest absolute Gasteiger partial charge is 0.496 e. The average Bonchev–Trinajstić information content (AvgIpc) is 3.51. The molecule has 2 aliphatic carbocycles. The molecule has 2 aromatic carbocycles. The minimum atomic E-state index is -0.926. The van der Waals surface area contributed by atoms with Crippen molar-refractivity contribution in [2.75, 3.05) is 7.11 Å². The van der Waals surface area contributed by atoms with Gasteiger partial charge in [-0.2, -0.15) is 5.26 Å². The number of benzene rings is 2. The summed E-state index contributed by atoms with van der Waals surface area (Å²) in [6.45, 7) is 0. The molecule has 2 aliphatic rings. The second-order valence-corrected chi connectivity index (χ2v) is 10.1. The number of nitrogens with zero attached hydrogens (tertiary/aromatic N) is 1. The number of nitrogens with one attached hydrogen (secondary N) is 2. The van der Waals surface area contributed by atoms with Gasteiger partial charge in [-0.15, -0.1) is 0 Å². The number of fused-ring (bicyclic) bond motifs is 2. The standard InChI is InChI=1S/C29H28FN3O4/c1-37-28-4-2-3-24-23(28)14-25(33-24)27(35)11-18(9-16-5-6-16)29(36)32-20(15-31)13-22-21-12-19(30)8-7-17(21)10-26(22)34/h2-4,7-8,12,14,16,18,20,22,33H,5-6,9-11,13H2,1H3,(H,32,36)/t18-,20+,22-/m1/s1. The maximum Gasteiger partial charge on any atom is 0.224 e. The van der Waals surface area contributed by atoms with Crippen molar-refractivity contribution in [1.82, 2.24) is 10.3 Å². The molecule has 3 atom stereocenters. The lowest BCUT2D eigenvalue weighted by molar-refractivity contribution is -0.126. The van der Waals surface area contributed by atoms with E-state index in [9.17, 15) is 24.0 Å². The van der Waals surface area contributed by atoms with Crippen molar-refractivity contribution in [3.8, 4) is 11.8 Å². The fourth-order valence-electron chi connectivity index (χ4n) is 5.29. The Morgan fingerprint density at radius 3 is 2.76 bits per heavy atom. The Morgan fingerprint density at radius 2 is 2.03 bits per heavy atom. The summed E-state index contributed by atoms with van der Waals surface area (Å²) in [5.74, 6) is -1.28. The molecule has 7 nitrogen and oxygen atoms in total. The van der Waals surface area contributed by atoms with Crippen molar-refractivity contribution in [2.45, 2.75) is 50.5 Å². The zero-order valence-corrected chi connectivity index (χ0v) is 20.6. The van der Waals surface area contributed by atoms with Crippen molar-refractivity contribution in [3.63, 3.8) is 0 Å². The molecule has 0 unspecified atom stereocenters. The van der Waals surface area contributed by atoms with Crippen molar-refractivity contribution >= 4 is 28.4 Å². The molecular formula is C29H28FN3O4. The van der Waals surface area contributed by atoms with Gasteiger partial charge in [0.1, 0.15) is 23.4 Å². The van der Waals surface area contributed by atoms with Crippen molar-refractivity contribution in [1.29, 1.82) is 5.26 Å². The van der Waals surface area contributed by atoms with Crippen LogP contribution in [0.5, 0.6) is 5.75 Å². The van der Waals surface area contributed by atoms with E-state index in [1.165, 1.54) is 12.1 Å². The number of methoxy groups -OCH3 is 1. The summed E-state index contributed by atoms with van der Waals surface area (Å²) >= 11 is 0. The van der Waals surface area contributed by atoms with Crippen LogP contribution in [-0.2, 0) is 16.0 Å². The monoisotopic (exact) mass is 501 g/mol. The summed E-state index contributed by atoms with van der Waals surface area (Å²) in [4.78, 5) is 42.2. The fourth-order valence-corrected chi connectivity index (χ4v) is 5.29. The quantitative estimate of drug-likeness (QED) is 0.394. The number of aromatic nitrogens is 1. The molecule has 0 radical (unpaired) electrons. The van der Waals surface area contributed by atoms with Gasteiger partial charge in [0, 0.05) is 35.6 Å². The summed E-state index contributed by atoms with van der Waals surface area (Å²) in [5.41, 5.74) is 2.51. The molecule has 37 heavy (non-hydrogen) atoms. The van der Waals surface area contributed by atoms with Crippen LogP contribution < -0.4 is 10.1 Å². The van der Waals surface area contributed by atoms with E-state index in [4.69, 9.17) is 4.74 Å². The van der Waals surface area contributed by atoms with Gasteiger partial charge in [0.15, 0.2) is 5.78 Å². The zero-order valence-electron chi connectivity index (χ0n) is 20.6. The molecule has 1 amide bonds. The van der Waals surface area contributed by atoms with Gasteiger partial charge in [0.25, 0.3) is 0 Å². The van der Waals surface area contributed by atoms with Crippen molar-refractivity contribution < 1.29 is 23.5 Å². The van der Waals surface area contributed by atoms with Crippen LogP contribution >= 0.6 is 0 Å². The Bertz CT molecular complexity index is 1420. The number of carbonyl (C=O) groups excluding carboxylic acids is 3. The molecule has 0 spiro atoms. The van der Waals surface area contributed by atoms with Gasteiger partial charge in [-0.05, 0) is 60.2 Å². The van der Waals surface area contributed by atoms with Gasteiger partial charge in [0.2, 0.25) is 5.91 Å². The van der Waals surface area contributed by atoms with Crippen LogP contribution in [0.4, 0.5) is 4.39 Å². The van der Waals surface area contributed by atoms with E-state index >= 15 is 0 Å². The highest BCUT2D eigenvalue weighted by atomic mass is 19.1. The van der Waals surface area contributed by atoms with E-state index in [2.05, 4.69) is 16.4 Å². The van der Waals surface area contributed by atoms with Crippen molar-refractivity contribution in [2.24, 2.45) is 11.8 Å². The lowest BCUT2D eigenvalue weighted by atomic mass is 9.91. The summed E-state index contributed by atoms with van der Waals surface area (Å²) in [7, 11) is 1.57. The average molecular weight is 502 g/mol. The number of carbonyl (C=O) groups is 3. The van der Waals surface area contributed by atoms with Crippen LogP contribution in [0, 0.1) is 29.0 Å². The molecule has 0 saturated heterocycles. The fraction of sp³-hybridized carbons (Fsp3) is 0.379. The second-order valence-electron chi connectivity index (χ2n) is 10.1. The Hall–Kier alpha value is -3.99. The number of halogens is 1. The number of ketones is 2. The number of amides is 1. The van der Waals surface area contributed by atoms with Gasteiger partial charge in [0.05, 0.1) is 18.9 Å². The maximum absolute atomic E-state index is 13.8. The number of hydrogen-bond donors (Lipinski definition) is 2. The number of rotatable bonds is 10.